The molecule has 0 bridgehead atoms. The van der Waals surface area contributed by atoms with Crippen molar-refractivity contribution in [1.82, 2.24) is 25.5 Å². The predicted octanol–water partition coefficient (Wildman–Crippen LogP) is -1.11. The van der Waals surface area contributed by atoms with Gasteiger partial charge in [-0.2, -0.15) is 0 Å². The molecule has 24 heavy (non-hydrogen) atoms. The number of aryl methyl sites for hydroxylation is 1. The number of halogens is 1. The van der Waals surface area contributed by atoms with E-state index in [4.69, 9.17) is 9.47 Å². The van der Waals surface area contributed by atoms with E-state index in [0.717, 1.165) is 41.9 Å². The number of hydrogen-bond donors (Lipinski definition) is 1. The van der Waals surface area contributed by atoms with Crippen molar-refractivity contribution < 1.29 is 21.9 Å². The number of thioether (sulfide) groups is 1. The molecule has 0 radical (unpaired) electrons. The molecule has 7 nitrogen and oxygen atoms in total. The number of hydrogen-bond acceptors (Lipinski definition) is 7. The van der Waals surface area contributed by atoms with Crippen LogP contribution in [0.15, 0.2) is 23.4 Å². The lowest BCUT2D eigenvalue weighted by Crippen LogP contribution is -3.00. The van der Waals surface area contributed by atoms with Crippen LogP contribution in [0.3, 0.4) is 0 Å². The fourth-order valence-corrected chi connectivity index (χ4v) is 2.82. The molecule has 1 aromatic heterocycles. The van der Waals surface area contributed by atoms with Gasteiger partial charge in [0.15, 0.2) is 11.5 Å². The van der Waals surface area contributed by atoms with Gasteiger partial charge in [0.05, 0.1) is 13.7 Å². The monoisotopic (exact) mass is 372 g/mol. The number of nitrogens with zero attached hydrogens (tertiary/aromatic N) is 4. The number of aromatic nitrogens is 4. The van der Waals surface area contributed by atoms with E-state index in [9.17, 15) is 0 Å². The molecule has 0 aliphatic rings. The molecule has 0 atom stereocenters. The smallest absolute Gasteiger partial charge is 0.209 e. The van der Waals surface area contributed by atoms with Crippen LogP contribution in [0, 0.1) is 0 Å². The van der Waals surface area contributed by atoms with Crippen LogP contribution in [0.25, 0.3) is 0 Å². The molecule has 0 aliphatic heterocycles. The molecular weight excluding hydrogens is 350 g/mol. The first-order valence-corrected chi connectivity index (χ1v) is 8.58. The zero-order chi connectivity index (χ0) is 16.5. The van der Waals surface area contributed by atoms with Crippen molar-refractivity contribution in [3.63, 3.8) is 0 Å². The third-order valence-electron chi connectivity index (χ3n) is 3.17. The van der Waals surface area contributed by atoms with E-state index in [1.807, 2.05) is 26.1 Å². The molecule has 0 spiro atoms. The van der Waals surface area contributed by atoms with Gasteiger partial charge in [0.1, 0.15) is 0 Å². The summed E-state index contributed by atoms with van der Waals surface area (Å²) in [5.74, 6) is 2.54. The minimum atomic E-state index is 0. The summed E-state index contributed by atoms with van der Waals surface area (Å²) in [4.78, 5) is 0. The topological polar surface area (TPSA) is 74.1 Å². The van der Waals surface area contributed by atoms with Gasteiger partial charge >= 0.3 is 0 Å². The highest BCUT2D eigenvalue weighted by Crippen LogP contribution is 2.27. The van der Waals surface area contributed by atoms with E-state index in [2.05, 4.69) is 26.9 Å². The summed E-state index contributed by atoms with van der Waals surface area (Å²) >= 11 is 1.66. The van der Waals surface area contributed by atoms with Gasteiger partial charge in [-0.1, -0.05) is 17.8 Å². The summed E-state index contributed by atoms with van der Waals surface area (Å²) in [6.07, 6.45) is 1.05. The average Bonchev–Trinajstić information content (AvgIpc) is 2.97. The molecule has 1 heterocycles. The lowest BCUT2D eigenvalue weighted by atomic mass is 10.2. The minimum absolute atomic E-state index is 0. The van der Waals surface area contributed by atoms with E-state index < -0.39 is 0 Å². The molecule has 0 fully saturated rings. The summed E-state index contributed by atoms with van der Waals surface area (Å²) in [5, 5.41) is 15.6. The van der Waals surface area contributed by atoms with E-state index in [-0.39, 0.29) is 12.4 Å². The lowest BCUT2D eigenvalue weighted by molar-refractivity contribution is -0.00000576. The van der Waals surface area contributed by atoms with E-state index in [1.54, 1.807) is 23.6 Å². The van der Waals surface area contributed by atoms with Crippen molar-refractivity contribution >= 4 is 11.8 Å². The van der Waals surface area contributed by atoms with Crippen LogP contribution in [0.2, 0.25) is 0 Å². The summed E-state index contributed by atoms with van der Waals surface area (Å²) in [6, 6.07) is 6.02. The molecular formula is C15H23ClN5O2S-. The van der Waals surface area contributed by atoms with Gasteiger partial charge in [0, 0.05) is 19.3 Å². The number of methoxy groups -OCH3 is 1. The summed E-state index contributed by atoms with van der Waals surface area (Å²) in [7, 11) is 3.51. The van der Waals surface area contributed by atoms with Gasteiger partial charge in [-0.05, 0) is 48.0 Å². The SMILES string of the molecule is CCOc1ccc(CNCCCSc2nnnn2C)cc1OC.[Cl-]. The van der Waals surface area contributed by atoms with Crippen molar-refractivity contribution in [2.24, 2.45) is 7.05 Å². The second kappa shape index (κ2) is 11.1. The second-order valence-corrected chi connectivity index (χ2v) is 5.94. The fraction of sp³-hybridized carbons (Fsp3) is 0.533. The van der Waals surface area contributed by atoms with Gasteiger partial charge in [-0.3, -0.25) is 0 Å². The van der Waals surface area contributed by atoms with Crippen LogP contribution in [0.4, 0.5) is 0 Å². The summed E-state index contributed by atoms with van der Waals surface area (Å²) < 4.78 is 12.6. The quantitative estimate of drug-likeness (QED) is 0.419. The Morgan fingerprint density at radius 3 is 2.79 bits per heavy atom. The first kappa shape index (κ1) is 20.5. The van der Waals surface area contributed by atoms with Gasteiger partial charge < -0.3 is 27.2 Å². The Bertz CT molecular complexity index is 611. The van der Waals surface area contributed by atoms with E-state index in [1.165, 1.54) is 5.56 Å². The van der Waals surface area contributed by atoms with Crippen molar-refractivity contribution in [3.8, 4) is 11.5 Å². The Balaban J connectivity index is 0.00000288. The first-order chi connectivity index (χ1) is 11.2. The minimum Gasteiger partial charge on any atom is -1.00 e. The van der Waals surface area contributed by atoms with Crippen LogP contribution in [0.5, 0.6) is 11.5 Å². The zero-order valence-electron chi connectivity index (χ0n) is 14.2. The lowest BCUT2D eigenvalue weighted by Gasteiger charge is -2.11. The Hall–Kier alpha value is -1.51. The highest BCUT2D eigenvalue weighted by molar-refractivity contribution is 7.99. The maximum atomic E-state index is 5.52. The van der Waals surface area contributed by atoms with Gasteiger partial charge in [0.2, 0.25) is 5.16 Å². The molecule has 2 rings (SSSR count). The fourth-order valence-electron chi connectivity index (χ4n) is 2.03. The third-order valence-corrected chi connectivity index (χ3v) is 4.26. The molecule has 134 valence electrons. The van der Waals surface area contributed by atoms with Crippen molar-refractivity contribution in [1.29, 1.82) is 0 Å². The summed E-state index contributed by atoms with van der Waals surface area (Å²) in [6.45, 7) is 4.34. The van der Waals surface area contributed by atoms with E-state index in [0.29, 0.717) is 6.61 Å². The Morgan fingerprint density at radius 2 is 2.12 bits per heavy atom. The Morgan fingerprint density at radius 1 is 1.29 bits per heavy atom. The van der Waals surface area contributed by atoms with Crippen LogP contribution < -0.4 is 27.2 Å². The van der Waals surface area contributed by atoms with Gasteiger partial charge in [-0.25, -0.2) is 4.68 Å². The average molecular weight is 373 g/mol. The maximum Gasteiger partial charge on any atom is 0.209 e. The normalized spacial score (nSPS) is 10.3. The predicted molar refractivity (Wildman–Crippen MR) is 90.0 cm³/mol. The molecule has 1 N–H and O–H groups in total. The van der Waals surface area contributed by atoms with E-state index >= 15 is 0 Å². The second-order valence-electron chi connectivity index (χ2n) is 4.88. The Labute approximate surface area is 152 Å². The first-order valence-electron chi connectivity index (χ1n) is 7.60. The molecule has 0 unspecified atom stereocenters. The van der Waals surface area contributed by atoms with Crippen LogP contribution >= 0.6 is 11.8 Å². The molecule has 2 aromatic rings. The molecule has 0 saturated carbocycles. The molecule has 0 amide bonds. The van der Waals surface area contributed by atoms with Crippen LogP contribution in [-0.2, 0) is 13.6 Å². The van der Waals surface area contributed by atoms with Gasteiger partial charge in [0.25, 0.3) is 0 Å². The Kier molecular flexibility index (Phi) is 9.51. The van der Waals surface area contributed by atoms with Crippen molar-refractivity contribution in [3.05, 3.63) is 23.8 Å². The number of nitrogens with one attached hydrogen (secondary N) is 1. The van der Waals surface area contributed by atoms with Crippen LogP contribution in [-0.4, -0.2) is 46.2 Å². The highest BCUT2D eigenvalue weighted by atomic mass is 35.5. The number of tetrazole rings is 1. The standard InChI is InChI=1S/C15H23N5O2S.ClH/c1-4-22-13-7-6-12(10-14(13)21-3)11-16-8-5-9-23-15-17-18-19-20(15)2;/h6-7,10,16H,4-5,8-9,11H2,1-3H3;1H/p-1. The summed E-state index contributed by atoms with van der Waals surface area (Å²) in [5.41, 5.74) is 1.18. The molecule has 0 saturated heterocycles. The van der Waals surface area contributed by atoms with Crippen molar-refractivity contribution in [2.45, 2.75) is 25.0 Å². The molecule has 0 aliphatic carbocycles. The number of rotatable bonds is 10. The highest BCUT2D eigenvalue weighted by Gasteiger charge is 2.05. The molecule has 9 heteroatoms. The molecule has 1 aromatic carbocycles. The van der Waals surface area contributed by atoms with Gasteiger partial charge in [-0.15, -0.1) is 5.10 Å². The largest absolute Gasteiger partial charge is 1.00 e. The zero-order valence-corrected chi connectivity index (χ0v) is 15.7. The number of benzene rings is 1. The number of ether oxygens (including phenoxy) is 2. The van der Waals surface area contributed by atoms with Crippen LogP contribution in [0.1, 0.15) is 18.9 Å². The third kappa shape index (κ3) is 6.18. The maximum absolute atomic E-state index is 5.52. The van der Waals surface area contributed by atoms with Crippen molar-refractivity contribution in [2.75, 3.05) is 26.0 Å².